The van der Waals surface area contributed by atoms with Crippen molar-refractivity contribution in [2.45, 2.75) is 0 Å². The molecule has 0 amide bonds. The van der Waals surface area contributed by atoms with Crippen molar-refractivity contribution in [3.8, 4) is 45.3 Å². The van der Waals surface area contributed by atoms with E-state index in [1.165, 1.54) is 52.8 Å². The van der Waals surface area contributed by atoms with Crippen LogP contribution in [0.5, 0.6) is 0 Å². The fourth-order valence-corrected chi connectivity index (χ4v) is 10.1. The standard InChI is InChI=1S/C52H32N4S/c1-3-17-33(18-4-1)41-32-42(54-52(53-41)34-19-5-2-6-20-34)40-31-47(55-43-26-12-7-21-35(43)36-22-8-13-27-44(36)55)51-49(39-25-11-16-30-48(39)57-51)50(40)56-45-28-14-9-23-37(45)38-24-10-15-29-46(38)56/h1-32H. The molecule has 4 nitrogen and oxygen atoms in total. The van der Waals surface area contributed by atoms with Gasteiger partial charge in [-0.2, -0.15) is 0 Å². The zero-order valence-electron chi connectivity index (χ0n) is 30.7. The third-order valence-corrected chi connectivity index (χ3v) is 12.5. The average Bonchev–Trinajstić information content (AvgIpc) is 3.95. The maximum absolute atomic E-state index is 5.52. The molecular weight excluding hydrogens is 713 g/mol. The van der Waals surface area contributed by atoms with E-state index in [1.54, 1.807) is 0 Å². The van der Waals surface area contributed by atoms with Crippen LogP contribution in [0.3, 0.4) is 0 Å². The molecule has 0 atom stereocenters. The van der Waals surface area contributed by atoms with Gasteiger partial charge in [0.1, 0.15) is 0 Å². The van der Waals surface area contributed by atoms with Crippen LogP contribution in [0, 0.1) is 0 Å². The van der Waals surface area contributed by atoms with Crippen LogP contribution < -0.4 is 0 Å². The zero-order valence-corrected chi connectivity index (χ0v) is 31.5. The number of benzene rings is 8. The van der Waals surface area contributed by atoms with Gasteiger partial charge >= 0.3 is 0 Å². The Hall–Kier alpha value is -7.34. The van der Waals surface area contributed by atoms with E-state index in [0.717, 1.165) is 50.5 Å². The van der Waals surface area contributed by atoms with Crippen LogP contribution in [0.15, 0.2) is 194 Å². The molecule has 0 saturated carbocycles. The Kier molecular flexibility index (Phi) is 7.06. The molecule has 0 aliphatic heterocycles. The van der Waals surface area contributed by atoms with Gasteiger partial charge in [0.05, 0.1) is 49.5 Å². The summed E-state index contributed by atoms with van der Waals surface area (Å²) in [5.74, 6) is 0.689. The van der Waals surface area contributed by atoms with Crippen molar-refractivity contribution in [3.63, 3.8) is 0 Å². The highest BCUT2D eigenvalue weighted by Crippen LogP contribution is 2.49. The van der Waals surface area contributed by atoms with Crippen LogP contribution in [-0.2, 0) is 0 Å². The first-order chi connectivity index (χ1) is 28.3. The summed E-state index contributed by atoms with van der Waals surface area (Å²) in [6, 6.07) is 69.4. The van der Waals surface area contributed by atoms with Gasteiger partial charge in [-0.05, 0) is 42.5 Å². The maximum atomic E-state index is 5.52. The van der Waals surface area contributed by atoms with Crippen molar-refractivity contribution in [1.82, 2.24) is 19.1 Å². The third-order valence-electron chi connectivity index (χ3n) is 11.3. The van der Waals surface area contributed by atoms with Crippen LogP contribution in [0.4, 0.5) is 0 Å². The molecule has 0 unspecified atom stereocenters. The lowest BCUT2D eigenvalue weighted by atomic mass is 9.99. The predicted molar refractivity (Wildman–Crippen MR) is 240 cm³/mol. The van der Waals surface area contributed by atoms with E-state index >= 15 is 0 Å². The van der Waals surface area contributed by atoms with Crippen LogP contribution >= 0.6 is 11.3 Å². The molecule has 4 heterocycles. The quantitative estimate of drug-likeness (QED) is 0.176. The van der Waals surface area contributed by atoms with Crippen molar-refractivity contribution in [3.05, 3.63) is 194 Å². The Morgan fingerprint density at radius 3 is 1.42 bits per heavy atom. The van der Waals surface area contributed by atoms with Crippen molar-refractivity contribution in [1.29, 1.82) is 0 Å². The highest BCUT2D eigenvalue weighted by atomic mass is 32.1. The second kappa shape index (κ2) is 12.6. The van der Waals surface area contributed by atoms with Crippen LogP contribution in [-0.4, -0.2) is 19.1 Å². The minimum absolute atomic E-state index is 0.689. The van der Waals surface area contributed by atoms with Gasteiger partial charge in [0.15, 0.2) is 5.82 Å². The number of hydrogen-bond acceptors (Lipinski definition) is 3. The molecule has 0 aliphatic carbocycles. The van der Waals surface area contributed by atoms with E-state index in [1.807, 2.05) is 17.4 Å². The largest absolute Gasteiger partial charge is 0.308 e. The van der Waals surface area contributed by atoms with Gasteiger partial charge in [0, 0.05) is 53.7 Å². The first-order valence-corrected chi connectivity index (χ1v) is 20.1. The molecule has 0 fully saturated rings. The van der Waals surface area contributed by atoms with E-state index in [4.69, 9.17) is 9.97 Å². The fourth-order valence-electron chi connectivity index (χ4n) is 8.86. The monoisotopic (exact) mass is 744 g/mol. The molecular formula is C52H32N4S. The van der Waals surface area contributed by atoms with Gasteiger partial charge in [0.2, 0.25) is 0 Å². The van der Waals surface area contributed by atoms with E-state index in [-0.39, 0.29) is 0 Å². The number of aromatic nitrogens is 4. The molecule has 5 heteroatoms. The molecule has 12 rings (SSSR count). The number of hydrogen-bond donors (Lipinski definition) is 0. The molecule has 0 N–H and O–H groups in total. The van der Waals surface area contributed by atoms with Crippen LogP contribution in [0.2, 0.25) is 0 Å². The molecule has 4 aromatic heterocycles. The van der Waals surface area contributed by atoms with E-state index in [2.05, 4.69) is 197 Å². The molecule has 0 radical (unpaired) electrons. The topological polar surface area (TPSA) is 35.6 Å². The molecule has 8 aromatic carbocycles. The second-order valence-corrected chi connectivity index (χ2v) is 15.6. The van der Waals surface area contributed by atoms with Gasteiger partial charge in [-0.25, -0.2) is 9.97 Å². The Morgan fingerprint density at radius 2 is 0.842 bits per heavy atom. The Morgan fingerprint density at radius 1 is 0.386 bits per heavy atom. The highest BCUT2D eigenvalue weighted by Gasteiger charge is 2.26. The SMILES string of the molecule is c1ccc(-c2cc(-c3cc(-n4c5ccccc5c5ccccc54)c4sc5ccccc5c4c3-n3c4ccccc4c4ccccc43)nc(-c3ccccc3)n2)cc1. The molecule has 0 spiro atoms. The summed E-state index contributed by atoms with van der Waals surface area (Å²) in [4.78, 5) is 10.7. The Bertz CT molecular complexity index is 3360. The zero-order chi connectivity index (χ0) is 37.5. The molecule has 0 bridgehead atoms. The Labute approximate surface area is 332 Å². The van der Waals surface area contributed by atoms with Crippen LogP contribution in [0.25, 0.3) is 109 Å². The van der Waals surface area contributed by atoms with Crippen molar-refractivity contribution in [2.75, 3.05) is 0 Å². The second-order valence-electron chi connectivity index (χ2n) is 14.5. The Balaban J connectivity index is 1.32. The van der Waals surface area contributed by atoms with Gasteiger partial charge in [0.25, 0.3) is 0 Å². The molecule has 57 heavy (non-hydrogen) atoms. The average molecular weight is 745 g/mol. The molecule has 0 aliphatic rings. The normalized spacial score (nSPS) is 11.9. The number of para-hydroxylation sites is 4. The summed E-state index contributed by atoms with van der Waals surface area (Å²) in [7, 11) is 0. The van der Waals surface area contributed by atoms with Gasteiger partial charge < -0.3 is 9.13 Å². The molecule has 12 aromatic rings. The third kappa shape index (κ3) is 4.86. The lowest BCUT2D eigenvalue weighted by Crippen LogP contribution is -2.04. The van der Waals surface area contributed by atoms with Gasteiger partial charge in [-0.1, -0.05) is 152 Å². The summed E-state index contributed by atoms with van der Waals surface area (Å²) < 4.78 is 7.43. The first-order valence-electron chi connectivity index (χ1n) is 19.3. The van der Waals surface area contributed by atoms with E-state index in [0.29, 0.717) is 5.82 Å². The first kappa shape index (κ1) is 32.0. The minimum Gasteiger partial charge on any atom is -0.308 e. The van der Waals surface area contributed by atoms with Crippen molar-refractivity contribution < 1.29 is 0 Å². The van der Waals surface area contributed by atoms with Crippen molar-refractivity contribution in [2.24, 2.45) is 0 Å². The van der Waals surface area contributed by atoms with Gasteiger partial charge in [-0.15, -0.1) is 11.3 Å². The molecule has 0 saturated heterocycles. The summed E-state index contributed by atoms with van der Waals surface area (Å²) in [5.41, 5.74) is 11.7. The van der Waals surface area contributed by atoms with Crippen LogP contribution in [0.1, 0.15) is 0 Å². The van der Waals surface area contributed by atoms with E-state index in [9.17, 15) is 0 Å². The maximum Gasteiger partial charge on any atom is 0.160 e. The number of fused-ring (bicyclic) bond motifs is 9. The summed E-state index contributed by atoms with van der Waals surface area (Å²) >= 11 is 1.86. The summed E-state index contributed by atoms with van der Waals surface area (Å²) in [6.07, 6.45) is 0. The summed E-state index contributed by atoms with van der Waals surface area (Å²) in [6.45, 7) is 0. The number of thiophene rings is 1. The lowest BCUT2D eigenvalue weighted by Gasteiger charge is -2.20. The molecule has 266 valence electrons. The smallest absolute Gasteiger partial charge is 0.160 e. The number of rotatable bonds is 5. The fraction of sp³-hybridized carbons (Fsp3) is 0. The van der Waals surface area contributed by atoms with Crippen molar-refractivity contribution >= 4 is 75.1 Å². The highest BCUT2D eigenvalue weighted by molar-refractivity contribution is 7.26. The predicted octanol–water partition coefficient (Wildman–Crippen LogP) is 14.0. The van der Waals surface area contributed by atoms with Gasteiger partial charge in [-0.3, -0.25) is 0 Å². The minimum atomic E-state index is 0.689. The summed E-state index contributed by atoms with van der Waals surface area (Å²) in [5, 5.41) is 7.33. The van der Waals surface area contributed by atoms with E-state index < -0.39 is 0 Å². The lowest BCUT2D eigenvalue weighted by molar-refractivity contribution is 1.15. The number of nitrogens with zero attached hydrogens (tertiary/aromatic N) is 4.